The topological polar surface area (TPSA) is 240 Å². The molecule has 0 rings (SSSR count). The van der Waals surface area contributed by atoms with E-state index in [1.165, 1.54) is 0 Å². The van der Waals surface area contributed by atoms with E-state index < -0.39 is 88.4 Å². The molecule has 13 nitrogen and oxygen atoms in total. The van der Waals surface area contributed by atoms with Crippen molar-refractivity contribution >= 4 is 33.4 Å². The highest BCUT2D eigenvalue weighted by atomic mass is 35.5. The van der Waals surface area contributed by atoms with Gasteiger partial charge < -0.3 is 51.1 Å². The minimum atomic E-state index is -3.95. The number of sulfone groups is 1. The predicted molar refractivity (Wildman–Crippen MR) is 117 cm³/mol. The Labute approximate surface area is 202 Å². The molecule has 0 radical (unpaired) electrons. The van der Waals surface area contributed by atoms with E-state index in [1.54, 1.807) is 13.8 Å². The molecule has 0 aliphatic heterocycles. The molecule has 9 atom stereocenters. The minimum Gasteiger partial charge on any atom is -0.394 e. The van der Waals surface area contributed by atoms with Crippen molar-refractivity contribution in [2.75, 3.05) is 18.1 Å². The maximum Gasteiger partial charge on any atom is 0.152 e. The van der Waals surface area contributed by atoms with Gasteiger partial charge in [-0.1, -0.05) is 0 Å². The van der Waals surface area contributed by atoms with E-state index >= 15 is 0 Å². The standard InChI is InChI=1S/C17H35Cl2NO12S/c1-17(2,20(18)19)4-3-5-33(31,32)7-9(23)11(25)13(27)15(29)16(30)14(28)12(26)10(24)8(22)6-21/h8-16,21-30H,3-7H2,1-2H3. The second-order valence-electron chi connectivity index (χ2n) is 8.51. The molecule has 9 unspecified atom stereocenters. The van der Waals surface area contributed by atoms with Gasteiger partial charge in [0.2, 0.25) is 0 Å². The number of aliphatic hydroxyl groups excluding tert-OH is 10. The van der Waals surface area contributed by atoms with Crippen molar-refractivity contribution in [3.8, 4) is 0 Å². The summed E-state index contributed by atoms with van der Waals surface area (Å²) in [6.07, 6.45) is -19.9. The zero-order valence-corrected chi connectivity index (χ0v) is 20.5. The Bertz CT molecular complexity index is 670. The first-order valence-electron chi connectivity index (χ1n) is 9.95. The summed E-state index contributed by atoms with van der Waals surface area (Å²) >= 11 is 11.3. The Hall–Kier alpha value is 0.0900. The molecule has 200 valence electrons. The van der Waals surface area contributed by atoms with Gasteiger partial charge in [-0.2, -0.15) is 0 Å². The summed E-state index contributed by atoms with van der Waals surface area (Å²) in [5.41, 5.74) is -0.737. The number of hydrogen-bond donors (Lipinski definition) is 10. The maximum absolute atomic E-state index is 12.2. The molecule has 33 heavy (non-hydrogen) atoms. The molecule has 0 aliphatic rings. The van der Waals surface area contributed by atoms with Crippen molar-refractivity contribution in [2.24, 2.45) is 0 Å². The maximum atomic E-state index is 12.2. The van der Waals surface area contributed by atoms with E-state index in [0.717, 1.165) is 3.94 Å². The van der Waals surface area contributed by atoms with Crippen LogP contribution in [0, 0.1) is 0 Å². The van der Waals surface area contributed by atoms with Crippen molar-refractivity contribution in [3.05, 3.63) is 0 Å². The van der Waals surface area contributed by atoms with Gasteiger partial charge in [0, 0.05) is 5.54 Å². The zero-order valence-electron chi connectivity index (χ0n) is 18.1. The number of rotatable bonds is 16. The van der Waals surface area contributed by atoms with Gasteiger partial charge >= 0.3 is 0 Å². The monoisotopic (exact) mass is 547 g/mol. The summed E-state index contributed by atoms with van der Waals surface area (Å²) in [7, 11) is -3.95. The molecule has 0 aromatic heterocycles. The molecule has 0 bridgehead atoms. The Balaban J connectivity index is 4.99. The third-order valence-corrected chi connectivity index (χ3v) is 7.88. The average Bonchev–Trinajstić information content (AvgIpc) is 2.73. The molecule has 16 heteroatoms. The number of nitrogens with zero attached hydrogens (tertiary/aromatic N) is 1. The lowest BCUT2D eigenvalue weighted by molar-refractivity contribution is -0.185. The van der Waals surface area contributed by atoms with E-state index in [-0.39, 0.29) is 12.8 Å². The average molecular weight is 548 g/mol. The van der Waals surface area contributed by atoms with Gasteiger partial charge in [-0.25, -0.2) is 8.42 Å². The largest absolute Gasteiger partial charge is 0.394 e. The number of aliphatic hydroxyl groups is 10. The van der Waals surface area contributed by atoms with Gasteiger partial charge in [-0.15, -0.1) is 3.94 Å². The van der Waals surface area contributed by atoms with Crippen LogP contribution in [0.5, 0.6) is 0 Å². The van der Waals surface area contributed by atoms with E-state index in [2.05, 4.69) is 0 Å². The third-order valence-electron chi connectivity index (χ3n) is 5.20. The minimum absolute atomic E-state index is 0.101. The molecule has 0 aromatic rings. The highest BCUT2D eigenvalue weighted by molar-refractivity contribution is 7.91. The molecular formula is C17H35Cl2NO12S. The van der Waals surface area contributed by atoms with E-state index in [0.29, 0.717) is 0 Å². The van der Waals surface area contributed by atoms with Crippen molar-refractivity contribution < 1.29 is 59.5 Å². The summed E-state index contributed by atoms with van der Waals surface area (Å²) in [6.45, 7) is 2.32. The van der Waals surface area contributed by atoms with Crippen LogP contribution in [-0.4, -0.2) is 142 Å². The van der Waals surface area contributed by atoms with Crippen LogP contribution in [0.1, 0.15) is 26.7 Å². The predicted octanol–water partition coefficient (Wildman–Crippen LogP) is -4.19. The molecule has 0 aromatic carbocycles. The number of hydrogen-bond acceptors (Lipinski definition) is 13. The van der Waals surface area contributed by atoms with Gasteiger partial charge in [-0.3, -0.25) is 0 Å². The lowest BCUT2D eigenvalue weighted by Gasteiger charge is -2.34. The van der Waals surface area contributed by atoms with Crippen molar-refractivity contribution in [1.29, 1.82) is 0 Å². The van der Waals surface area contributed by atoms with Crippen LogP contribution in [0.25, 0.3) is 0 Å². The quantitative estimate of drug-likeness (QED) is 0.0825. The second kappa shape index (κ2) is 14.0. The van der Waals surface area contributed by atoms with E-state index in [1.807, 2.05) is 0 Å². The fourth-order valence-electron chi connectivity index (χ4n) is 2.82. The van der Waals surface area contributed by atoms with Crippen molar-refractivity contribution in [2.45, 2.75) is 87.2 Å². The van der Waals surface area contributed by atoms with E-state index in [4.69, 9.17) is 28.7 Å². The van der Waals surface area contributed by atoms with Gasteiger partial charge in [-0.05, 0) is 50.2 Å². The highest BCUT2D eigenvalue weighted by Crippen LogP contribution is 2.25. The fraction of sp³-hybridized carbons (Fsp3) is 1.00. The Morgan fingerprint density at radius 2 is 1.09 bits per heavy atom. The van der Waals surface area contributed by atoms with Crippen LogP contribution < -0.4 is 0 Å². The summed E-state index contributed by atoms with van der Waals surface area (Å²) < 4.78 is 25.3. The Morgan fingerprint density at radius 3 is 1.45 bits per heavy atom. The molecule has 0 heterocycles. The van der Waals surface area contributed by atoms with Crippen molar-refractivity contribution in [1.82, 2.24) is 3.94 Å². The molecule has 10 N–H and O–H groups in total. The van der Waals surface area contributed by atoms with Crippen LogP contribution in [0.4, 0.5) is 0 Å². The third kappa shape index (κ3) is 10.3. The first-order valence-corrected chi connectivity index (χ1v) is 12.4. The van der Waals surface area contributed by atoms with Crippen LogP contribution in [0.15, 0.2) is 0 Å². The SMILES string of the molecule is CC(C)(CCCS(=O)(=O)CC(O)C(O)C(O)C(O)C(O)C(O)C(O)C(O)C(O)CO)N(Cl)Cl. The molecule has 0 amide bonds. The first kappa shape index (κ1) is 33.1. The lowest BCUT2D eigenvalue weighted by atomic mass is 9.92. The molecular weight excluding hydrogens is 513 g/mol. The summed E-state index contributed by atoms with van der Waals surface area (Å²) in [4.78, 5) is 0. The zero-order chi connectivity index (χ0) is 26.3. The lowest BCUT2D eigenvalue weighted by Crippen LogP contribution is -2.58. The Morgan fingerprint density at radius 1 is 0.727 bits per heavy atom. The van der Waals surface area contributed by atoms with Gasteiger partial charge in [0.25, 0.3) is 0 Å². The Kier molecular flexibility index (Phi) is 14.0. The van der Waals surface area contributed by atoms with Crippen LogP contribution in [-0.2, 0) is 9.84 Å². The van der Waals surface area contributed by atoms with Gasteiger partial charge in [0.15, 0.2) is 9.84 Å². The molecule has 0 fully saturated rings. The molecule has 0 saturated carbocycles. The summed E-state index contributed by atoms with van der Waals surface area (Å²) in [5, 5.41) is 97.0. The second-order valence-corrected chi connectivity index (χ2v) is 11.6. The van der Waals surface area contributed by atoms with Gasteiger partial charge in [0.1, 0.15) is 48.8 Å². The normalized spacial score (nSPS) is 21.7. The summed E-state index contributed by atoms with van der Waals surface area (Å²) in [5.74, 6) is -1.43. The van der Waals surface area contributed by atoms with Crippen molar-refractivity contribution in [3.63, 3.8) is 0 Å². The van der Waals surface area contributed by atoms with Gasteiger partial charge in [0.05, 0.1) is 24.2 Å². The molecule has 0 spiro atoms. The fourth-order valence-corrected chi connectivity index (χ4v) is 4.46. The smallest absolute Gasteiger partial charge is 0.152 e. The number of halogens is 2. The first-order chi connectivity index (χ1) is 14.9. The summed E-state index contributed by atoms with van der Waals surface area (Å²) in [6, 6.07) is 0. The molecule has 0 aliphatic carbocycles. The highest BCUT2D eigenvalue weighted by Gasteiger charge is 2.42. The molecule has 0 saturated heterocycles. The van der Waals surface area contributed by atoms with Crippen LogP contribution in [0.3, 0.4) is 0 Å². The van der Waals surface area contributed by atoms with Crippen LogP contribution in [0.2, 0.25) is 0 Å². The van der Waals surface area contributed by atoms with Crippen LogP contribution >= 0.6 is 23.6 Å². The van der Waals surface area contributed by atoms with E-state index in [9.17, 15) is 54.4 Å².